The lowest BCUT2D eigenvalue weighted by atomic mass is 10.0. The average Bonchev–Trinajstić information content (AvgIpc) is 2.86. The first-order valence-corrected chi connectivity index (χ1v) is 12.1. The molecule has 3 nitrogen and oxygen atoms in total. The molecule has 174 valence electrons. The maximum atomic E-state index is 12.5. The van der Waals surface area contributed by atoms with Gasteiger partial charge >= 0.3 is 5.97 Å². The molecule has 0 N–H and O–H groups in total. The Hall–Kier alpha value is -2.91. The lowest BCUT2D eigenvalue weighted by molar-refractivity contribution is 0.0734. The summed E-state index contributed by atoms with van der Waals surface area (Å²) in [6, 6.07) is 23.8. The predicted octanol–water partition coefficient (Wildman–Crippen LogP) is 8.18. The van der Waals surface area contributed by atoms with Gasteiger partial charge in [0.15, 0.2) is 0 Å². The minimum atomic E-state index is -0.327. The first-order valence-electron chi connectivity index (χ1n) is 12.1. The Morgan fingerprint density at radius 3 is 1.94 bits per heavy atom. The maximum absolute atomic E-state index is 12.5. The van der Waals surface area contributed by atoms with Crippen LogP contribution in [-0.4, -0.2) is 13.1 Å². The zero-order chi connectivity index (χ0) is 23.5. The summed E-state index contributed by atoms with van der Waals surface area (Å²) >= 11 is 0. The Bertz CT molecular complexity index is 973. The number of benzene rings is 3. The summed E-state index contributed by atoms with van der Waals surface area (Å²) in [4.78, 5) is 12.5. The molecular weight excluding hydrogens is 408 g/mol. The zero-order valence-corrected chi connectivity index (χ0v) is 20.2. The van der Waals surface area contributed by atoms with Crippen molar-refractivity contribution in [2.45, 2.75) is 64.9 Å². The number of hydrogen-bond donors (Lipinski definition) is 0. The fraction of sp³-hybridized carbons (Fsp3) is 0.367. The fourth-order valence-corrected chi connectivity index (χ4v) is 3.88. The molecule has 0 bridgehead atoms. The van der Waals surface area contributed by atoms with E-state index in [0.717, 1.165) is 23.1 Å². The predicted molar refractivity (Wildman–Crippen MR) is 136 cm³/mol. The highest BCUT2D eigenvalue weighted by molar-refractivity contribution is 5.91. The van der Waals surface area contributed by atoms with Crippen molar-refractivity contribution in [3.8, 4) is 16.9 Å². The maximum Gasteiger partial charge on any atom is 0.343 e. The van der Waals surface area contributed by atoms with E-state index in [1.54, 1.807) is 7.11 Å². The minimum absolute atomic E-state index is 0.0745. The number of ether oxygens (including phenoxy) is 2. The van der Waals surface area contributed by atoms with Crippen molar-refractivity contribution in [1.82, 2.24) is 0 Å². The summed E-state index contributed by atoms with van der Waals surface area (Å²) in [5.74, 6) is 0.219. The van der Waals surface area contributed by atoms with E-state index in [4.69, 9.17) is 9.47 Å². The van der Waals surface area contributed by atoms with Crippen molar-refractivity contribution >= 4 is 5.97 Å². The van der Waals surface area contributed by atoms with Gasteiger partial charge in [-0.05, 0) is 66.3 Å². The number of esters is 1. The number of unbranched alkanes of at least 4 members (excludes halogenated alkanes) is 5. The molecule has 3 heteroatoms. The van der Waals surface area contributed by atoms with Crippen LogP contribution in [0.1, 0.15) is 80.0 Å². The van der Waals surface area contributed by atoms with E-state index in [1.807, 2.05) is 55.5 Å². The molecular formula is C30H36O3. The third-order valence-electron chi connectivity index (χ3n) is 6.14. The number of hydrogen-bond acceptors (Lipinski definition) is 3. The van der Waals surface area contributed by atoms with Crippen molar-refractivity contribution < 1.29 is 14.3 Å². The smallest absolute Gasteiger partial charge is 0.343 e. The van der Waals surface area contributed by atoms with E-state index in [-0.39, 0.29) is 12.1 Å². The van der Waals surface area contributed by atoms with E-state index >= 15 is 0 Å². The van der Waals surface area contributed by atoms with Crippen LogP contribution in [0.15, 0.2) is 72.8 Å². The fourth-order valence-electron chi connectivity index (χ4n) is 3.88. The van der Waals surface area contributed by atoms with Crippen LogP contribution in [0.2, 0.25) is 0 Å². The quantitative estimate of drug-likeness (QED) is 0.160. The Morgan fingerprint density at radius 1 is 0.758 bits per heavy atom. The van der Waals surface area contributed by atoms with E-state index in [9.17, 15) is 4.79 Å². The van der Waals surface area contributed by atoms with Gasteiger partial charge in [0, 0.05) is 7.11 Å². The number of methoxy groups -OCH3 is 1. The van der Waals surface area contributed by atoms with Gasteiger partial charge in [0.2, 0.25) is 0 Å². The lowest BCUT2D eigenvalue weighted by Gasteiger charge is -2.11. The molecule has 0 aliphatic carbocycles. The molecule has 0 aromatic heterocycles. The Balaban J connectivity index is 1.51. The highest BCUT2D eigenvalue weighted by Gasteiger charge is 2.09. The van der Waals surface area contributed by atoms with Gasteiger partial charge in [-0.25, -0.2) is 4.79 Å². The van der Waals surface area contributed by atoms with E-state index in [0.29, 0.717) is 11.3 Å². The number of carbonyl (C=O) groups excluding carboxylic acids is 1. The molecule has 0 saturated heterocycles. The Labute approximate surface area is 198 Å². The molecule has 0 aliphatic heterocycles. The van der Waals surface area contributed by atoms with Crippen LogP contribution in [-0.2, 0) is 11.2 Å². The van der Waals surface area contributed by atoms with Gasteiger partial charge in [-0.1, -0.05) is 87.6 Å². The van der Waals surface area contributed by atoms with E-state index < -0.39 is 0 Å². The molecule has 33 heavy (non-hydrogen) atoms. The first-order chi connectivity index (χ1) is 16.1. The molecule has 3 rings (SSSR count). The lowest BCUT2D eigenvalue weighted by Crippen LogP contribution is -2.08. The third-order valence-corrected chi connectivity index (χ3v) is 6.14. The van der Waals surface area contributed by atoms with Gasteiger partial charge in [0.05, 0.1) is 11.7 Å². The van der Waals surface area contributed by atoms with E-state index in [1.165, 1.54) is 44.1 Å². The van der Waals surface area contributed by atoms with Crippen molar-refractivity contribution in [1.29, 1.82) is 0 Å². The molecule has 0 radical (unpaired) electrons. The van der Waals surface area contributed by atoms with Crippen molar-refractivity contribution in [2.75, 3.05) is 7.11 Å². The van der Waals surface area contributed by atoms with Crippen LogP contribution in [0.25, 0.3) is 11.1 Å². The van der Waals surface area contributed by atoms with Gasteiger partial charge in [0.1, 0.15) is 5.75 Å². The molecule has 1 atom stereocenters. The van der Waals surface area contributed by atoms with Crippen LogP contribution in [0.5, 0.6) is 5.75 Å². The monoisotopic (exact) mass is 444 g/mol. The standard InChI is InChI=1S/C30H36O3/c1-4-5-6-7-8-9-10-24-11-13-28(14-12-24)30(31)33-29-21-19-27(20-22-29)26-17-15-25(16-18-26)23(2)32-3/h11-23H,4-10H2,1-3H3. The van der Waals surface area contributed by atoms with E-state index in [2.05, 4.69) is 31.2 Å². The summed E-state index contributed by atoms with van der Waals surface area (Å²) in [5.41, 5.74) is 5.18. The summed E-state index contributed by atoms with van der Waals surface area (Å²) < 4.78 is 10.9. The highest BCUT2D eigenvalue weighted by Crippen LogP contribution is 2.25. The number of rotatable bonds is 12. The zero-order valence-electron chi connectivity index (χ0n) is 20.2. The second kappa shape index (κ2) is 13.0. The molecule has 0 saturated carbocycles. The second-order valence-corrected chi connectivity index (χ2v) is 8.63. The molecule has 0 amide bonds. The summed E-state index contributed by atoms with van der Waals surface area (Å²) in [6.45, 7) is 4.27. The van der Waals surface area contributed by atoms with Gasteiger partial charge < -0.3 is 9.47 Å². The Kier molecular flexibility index (Phi) is 9.71. The van der Waals surface area contributed by atoms with Crippen LogP contribution in [0, 0.1) is 0 Å². The van der Waals surface area contributed by atoms with Gasteiger partial charge in [-0.2, -0.15) is 0 Å². The molecule has 3 aromatic rings. The summed E-state index contributed by atoms with van der Waals surface area (Å²) in [5, 5.41) is 0. The van der Waals surface area contributed by atoms with Gasteiger partial charge in [0.25, 0.3) is 0 Å². The average molecular weight is 445 g/mol. The second-order valence-electron chi connectivity index (χ2n) is 8.63. The van der Waals surface area contributed by atoms with Crippen molar-refractivity contribution in [2.24, 2.45) is 0 Å². The highest BCUT2D eigenvalue weighted by atomic mass is 16.5. The van der Waals surface area contributed by atoms with Crippen LogP contribution in [0.4, 0.5) is 0 Å². The molecule has 0 aliphatic rings. The summed E-state index contributed by atoms with van der Waals surface area (Å²) in [6.07, 6.45) is 8.88. The topological polar surface area (TPSA) is 35.5 Å². The van der Waals surface area contributed by atoms with Gasteiger partial charge in [-0.15, -0.1) is 0 Å². The molecule has 1 unspecified atom stereocenters. The van der Waals surface area contributed by atoms with Crippen molar-refractivity contribution in [3.63, 3.8) is 0 Å². The minimum Gasteiger partial charge on any atom is -0.423 e. The van der Waals surface area contributed by atoms with Crippen LogP contribution < -0.4 is 4.74 Å². The van der Waals surface area contributed by atoms with Crippen molar-refractivity contribution in [3.05, 3.63) is 89.5 Å². The van der Waals surface area contributed by atoms with Crippen LogP contribution in [0.3, 0.4) is 0 Å². The molecule has 3 aromatic carbocycles. The molecule has 0 heterocycles. The third kappa shape index (κ3) is 7.57. The summed E-state index contributed by atoms with van der Waals surface area (Å²) in [7, 11) is 1.71. The number of carbonyl (C=O) groups is 1. The molecule has 0 spiro atoms. The Morgan fingerprint density at radius 2 is 1.33 bits per heavy atom. The first kappa shape index (κ1) is 24.7. The normalized spacial score (nSPS) is 11.8. The molecule has 0 fully saturated rings. The van der Waals surface area contributed by atoms with Gasteiger partial charge in [-0.3, -0.25) is 0 Å². The number of aryl methyl sites for hydroxylation is 1. The largest absolute Gasteiger partial charge is 0.423 e. The SMILES string of the molecule is CCCCCCCCc1ccc(C(=O)Oc2ccc(-c3ccc(C(C)OC)cc3)cc2)cc1. The van der Waals surface area contributed by atoms with Crippen LogP contribution >= 0.6 is 0 Å².